The van der Waals surface area contributed by atoms with E-state index in [4.69, 9.17) is 0 Å². The molecule has 3 fully saturated rings. The molecule has 2 heteroatoms. The van der Waals surface area contributed by atoms with Crippen molar-refractivity contribution in [2.75, 3.05) is 24.6 Å². The van der Waals surface area contributed by atoms with E-state index in [9.17, 15) is 0 Å². The minimum Gasteiger partial charge on any atom is -0.317 e. The van der Waals surface area contributed by atoms with Gasteiger partial charge < -0.3 is 5.32 Å². The highest BCUT2D eigenvalue weighted by Gasteiger charge is 2.56. The lowest BCUT2D eigenvalue weighted by Crippen LogP contribution is -2.30. The number of rotatable bonds is 1. The van der Waals surface area contributed by atoms with Gasteiger partial charge in [0.25, 0.3) is 0 Å². The van der Waals surface area contributed by atoms with E-state index < -0.39 is 0 Å². The first-order valence-electron chi connectivity index (χ1n) is 5.69. The third-order valence-corrected chi connectivity index (χ3v) is 5.57. The molecule has 3 aliphatic rings. The van der Waals surface area contributed by atoms with Crippen LogP contribution in [0.15, 0.2) is 0 Å². The molecule has 3 rings (SSSR count). The van der Waals surface area contributed by atoms with Crippen LogP contribution in [0.4, 0.5) is 0 Å². The van der Waals surface area contributed by atoms with Crippen molar-refractivity contribution in [3.8, 4) is 0 Å². The van der Waals surface area contributed by atoms with Crippen molar-refractivity contribution < 1.29 is 0 Å². The molecule has 2 atom stereocenters. The summed E-state index contributed by atoms with van der Waals surface area (Å²) in [6.45, 7) is 2.58. The first-order chi connectivity index (χ1) is 6.41. The van der Waals surface area contributed by atoms with Gasteiger partial charge in [-0.2, -0.15) is 11.8 Å². The first-order valence-corrected chi connectivity index (χ1v) is 6.85. The zero-order valence-corrected chi connectivity index (χ0v) is 9.04. The molecule has 0 bridgehead atoms. The van der Waals surface area contributed by atoms with E-state index in [1.54, 1.807) is 6.42 Å². The summed E-state index contributed by atoms with van der Waals surface area (Å²) in [4.78, 5) is 0. The molecule has 2 unspecified atom stereocenters. The molecule has 0 aromatic rings. The largest absolute Gasteiger partial charge is 0.317 e. The van der Waals surface area contributed by atoms with Gasteiger partial charge in [0.1, 0.15) is 0 Å². The highest BCUT2D eigenvalue weighted by Crippen LogP contribution is 2.63. The van der Waals surface area contributed by atoms with Crippen LogP contribution in [0.25, 0.3) is 0 Å². The Morgan fingerprint density at radius 1 is 1.23 bits per heavy atom. The number of piperidine rings is 1. The molecule has 1 N–H and O–H groups in total. The Kier molecular flexibility index (Phi) is 2.09. The standard InChI is InChI=1S/C11H19NS/c1-6-13-8-9(1)10-7-11(10)2-4-12-5-3-11/h9-10,12H,1-8H2. The second kappa shape index (κ2) is 3.16. The van der Waals surface area contributed by atoms with Gasteiger partial charge in [0, 0.05) is 0 Å². The Morgan fingerprint density at radius 2 is 2.08 bits per heavy atom. The van der Waals surface area contributed by atoms with Crippen LogP contribution in [0.2, 0.25) is 0 Å². The minimum atomic E-state index is 0.834. The zero-order valence-electron chi connectivity index (χ0n) is 8.22. The van der Waals surface area contributed by atoms with Crippen molar-refractivity contribution in [1.29, 1.82) is 0 Å². The molecule has 2 heterocycles. The van der Waals surface area contributed by atoms with Gasteiger partial charge in [-0.25, -0.2) is 0 Å². The molecule has 1 saturated carbocycles. The van der Waals surface area contributed by atoms with Gasteiger partial charge in [0.15, 0.2) is 0 Å². The predicted octanol–water partition coefficient (Wildman–Crippen LogP) is 2.13. The summed E-state index contributed by atoms with van der Waals surface area (Å²) in [6, 6.07) is 0. The van der Waals surface area contributed by atoms with E-state index in [1.807, 2.05) is 0 Å². The Balaban J connectivity index is 1.63. The molecule has 2 aliphatic heterocycles. The van der Waals surface area contributed by atoms with Gasteiger partial charge in [-0.3, -0.25) is 0 Å². The lowest BCUT2D eigenvalue weighted by atomic mass is 9.87. The third-order valence-electron chi connectivity index (χ3n) is 4.39. The highest BCUT2D eigenvalue weighted by molar-refractivity contribution is 7.99. The van der Waals surface area contributed by atoms with Crippen molar-refractivity contribution in [3.63, 3.8) is 0 Å². The van der Waals surface area contributed by atoms with Crippen molar-refractivity contribution in [1.82, 2.24) is 5.32 Å². The second-order valence-corrected chi connectivity index (χ2v) is 6.20. The summed E-state index contributed by atoms with van der Waals surface area (Å²) in [5.74, 6) is 5.14. The summed E-state index contributed by atoms with van der Waals surface area (Å²) >= 11 is 2.18. The van der Waals surface area contributed by atoms with E-state index in [1.165, 1.54) is 43.9 Å². The zero-order chi connectivity index (χ0) is 8.73. The van der Waals surface area contributed by atoms with Gasteiger partial charge in [0.05, 0.1) is 0 Å². The van der Waals surface area contributed by atoms with E-state index in [0.29, 0.717) is 0 Å². The molecule has 1 aliphatic carbocycles. The van der Waals surface area contributed by atoms with E-state index in [2.05, 4.69) is 17.1 Å². The Morgan fingerprint density at radius 3 is 2.77 bits per heavy atom. The summed E-state index contributed by atoms with van der Waals surface area (Å²) in [6.07, 6.45) is 6.03. The van der Waals surface area contributed by atoms with Crippen LogP contribution < -0.4 is 5.32 Å². The monoisotopic (exact) mass is 197 g/mol. The van der Waals surface area contributed by atoms with Crippen molar-refractivity contribution >= 4 is 11.8 Å². The van der Waals surface area contributed by atoms with E-state index >= 15 is 0 Å². The maximum atomic E-state index is 3.49. The maximum Gasteiger partial charge on any atom is -0.00360 e. The lowest BCUT2D eigenvalue weighted by molar-refractivity contribution is 0.291. The van der Waals surface area contributed by atoms with Crippen LogP contribution in [0, 0.1) is 17.3 Å². The summed E-state index contributed by atoms with van der Waals surface area (Å²) in [5, 5.41) is 3.49. The number of nitrogens with one attached hydrogen (secondary N) is 1. The molecule has 13 heavy (non-hydrogen) atoms. The highest BCUT2D eigenvalue weighted by atomic mass is 32.2. The van der Waals surface area contributed by atoms with Crippen LogP contribution in [-0.2, 0) is 0 Å². The molecule has 1 nitrogen and oxygen atoms in total. The smallest absolute Gasteiger partial charge is 0.00360 e. The van der Waals surface area contributed by atoms with Gasteiger partial charge in [-0.15, -0.1) is 0 Å². The number of hydrogen-bond acceptors (Lipinski definition) is 2. The molecule has 0 aromatic carbocycles. The molecule has 0 amide bonds. The van der Waals surface area contributed by atoms with Crippen LogP contribution in [-0.4, -0.2) is 24.6 Å². The molecule has 0 aromatic heterocycles. The molecule has 0 radical (unpaired) electrons. The van der Waals surface area contributed by atoms with Crippen LogP contribution in [0.1, 0.15) is 25.7 Å². The van der Waals surface area contributed by atoms with Gasteiger partial charge >= 0.3 is 0 Å². The van der Waals surface area contributed by atoms with Gasteiger partial charge in [-0.05, 0) is 67.5 Å². The minimum absolute atomic E-state index is 0.834. The molecule has 74 valence electrons. The molecule has 1 spiro atoms. The summed E-state index contributed by atoms with van der Waals surface area (Å²) < 4.78 is 0. The SMILES string of the molecule is C1CC2(CCN1)CC2C1CCSC1. The molecule has 2 saturated heterocycles. The van der Waals surface area contributed by atoms with Crippen LogP contribution in [0.3, 0.4) is 0 Å². The fraction of sp³-hybridized carbons (Fsp3) is 1.00. The topological polar surface area (TPSA) is 12.0 Å². The average Bonchev–Trinajstić information content (AvgIpc) is 2.68. The molecular formula is C11H19NS. The third kappa shape index (κ3) is 1.42. The maximum absolute atomic E-state index is 3.49. The van der Waals surface area contributed by atoms with Crippen molar-refractivity contribution in [2.24, 2.45) is 17.3 Å². The van der Waals surface area contributed by atoms with Gasteiger partial charge in [-0.1, -0.05) is 0 Å². The van der Waals surface area contributed by atoms with Crippen molar-refractivity contribution in [2.45, 2.75) is 25.7 Å². The Hall–Kier alpha value is 0.310. The fourth-order valence-electron chi connectivity index (χ4n) is 3.42. The van der Waals surface area contributed by atoms with E-state index in [0.717, 1.165) is 17.3 Å². The second-order valence-electron chi connectivity index (χ2n) is 5.05. The van der Waals surface area contributed by atoms with Crippen LogP contribution in [0.5, 0.6) is 0 Å². The average molecular weight is 197 g/mol. The van der Waals surface area contributed by atoms with Crippen molar-refractivity contribution in [3.05, 3.63) is 0 Å². The van der Waals surface area contributed by atoms with Crippen LogP contribution >= 0.6 is 11.8 Å². The number of thioether (sulfide) groups is 1. The first kappa shape index (κ1) is 8.60. The number of hydrogen-bond donors (Lipinski definition) is 1. The normalized spacial score (nSPS) is 42.5. The Labute approximate surface area is 85.0 Å². The summed E-state index contributed by atoms with van der Waals surface area (Å²) in [5.41, 5.74) is 0.834. The molecular weight excluding hydrogens is 178 g/mol. The quantitative estimate of drug-likeness (QED) is 0.691. The lowest BCUT2D eigenvalue weighted by Gasteiger charge is -2.25. The fourth-order valence-corrected chi connectivity index (χ4v) is 4.75. The predicted molar refractivity (Wildman–Crippen MR) is 58.1 cm³/mol. The Bertz CT molecular complexity index is 192. The summed E-state index contributed by atoms with van der Waals surface area (Å²) in [7, 11) is 0. The van der Waals surface area contributed by atoms with Gasteiger partial charge in [0.2, 0.25) is 0 Å². The van der Waals surface area contributed by atoms with E-state index in [-0.39, 0.29) is 0 Å².